The maximum atomic E-state index is 13.9. The fraction of sp³-hybridized carbons (Fsp3) is 0.188. The minimum Gasteiger partial charge on any atom is -0.494 e. The molecule has 0 spiro atoms. The lowest BCUT2D eigenvalue weighted by Crippen LogP contribution is -2.15. The minimum absolute atomic E-state index is 0.0639. The molecular weight excluding hydrogens is 337 g/mol. The molecule has 24 heavy (non-hydrogen) atoms. The highest BCUT2D eigenvalue weighted by Crippen LogP contribution is 2.22. The van der Waals surface area contributed by atoms with Crippen LogP contribution in [0.15, 0.2) is 47.4 Å². The summed E-state index contributed by atoms with van der Waals surface area (Å²) in [5.41, 5.74) is 0.173. The van der Waals surface area contributed by atoms with Crippen LogP contribution < -0.4 is 9.46 Å². The predicted molar refractivity (Wildman–Crippen MR) is 86.2 cm³/mol. The van der Waals surface area contributed by atoms with E-state index in [9.17, 15) is 17.6 Å². The first kappa shape index (κ1) is 17.7. The fourth-order valence-electron chi connectivity index (χ4n) is 1.95. The molecule has 0 unspecified atom stereocenters. The Balaban J connectivity index is 2.31. The summed E-state index contributed by atoms with van der Waals surface area (Å²) in [5, 5.41) is 0. The zero-order valence-corrected chi connectivity index (χ0v) is 13.9. The molecule has 0 aromatic heterocycles. The van der Waals surface area contributed by atoms with Crippen LogP contribution in [0, 0.1) is 5.82 Å². The molecule has 0 bridgehead atoms. The van der Waals surface area contributed by atoms with Gasteiger partial charge in [-0.15, -0.1) is 0 Å². The lowest BCUT2D eigenvalue weighted by atomic mass is 10.2. The molecule has 2 rings (SSSR count). The summed E-state index contributed by atoms with van der Waals surface area (Å²) in [4.78, 5) is 10.8. The highest BCUT2D eigenvalue weighted by Gasteiger charge is 2.21. The lowest BCUT2D eigenvalue weighted by Gasteiger charge is -2.11. The number of methoxy groups -OCH3 is 1. The van der Waals surface area contributed by atoms with Crippen molar-refractivity contribution in [3.63, 3.8) is 0 Å². The number of ether oxygens (including phenoxy) is 2. The number of esters is 1. The van der Waals surface area contributed by atoms with E-state index in [0.717, 1.165) is 25.3 Å². The number of hydrogen-bond acceptors (Lipinski definition) is 5. The average Bonchev–Trinajstić information content (AvgIpc) is 2.56. The van der Waals surface area contributed by atoms with Gasteiger partial charge in [-0.25, -0.2) is 17.6 Å². The summed E-state index contributed by atoms with van der Waals surface area (Å²) in [6.45, 7) is 2.31. The lowest BCUT2D eigenvalue weighted by molar-refractivity contribution is 0.0600. The van der Waals surface area contributed by atoms with Crippen molar-refractivity contribution >= 4 is 21.7 Å². The first-order valence-corrected chi connectivity index (χ1v) is 8.49. The van der Waals surface area contributed by atoms with Crippen LogP contribution in [0.5, 0.6) is 5.75 Å². The molecule has 6 nitrogen and oxygen atoms in total. The number of carbonyl (C=O) groups is 1. The van der Waals surface area contributed by atoms with Crippen molar-refractivity contribution in [1.82, 2.24) is 0 Å². The van der Waals surface area contributed by atoms with Gasteiger partial charge in [-0.2, -0.15) is 0 Å². The van der Waals surface area contributed by atoms with E-state index in [0.29, 0.717) is 12.4 Å². The quantitative estimate of drug-likeness (QED) is 0.808. The Morgan fingerprint density at radius 3 is 2.42 bits per heavy atom. The van der Waals surface area contributed by atoms with Crippen molar-refractivity contribution in [3.05, 3.63) is 53.8 Å². The van der Waals surface area contributed by atoms with E-state index < -0.39 is 26.7 Å². The van der Waals surface area contributed by atoms with E-state index in [2.05, 4.69) is 9.46 Å². The van der Waals surface area contributed by atoms with Crippen LogP contribution in [0.4, 0.5) is 10.1 Å². The Hall–Kier alpha value is -2.61. The number of benzene rings is 2. The minimum atomic E-state index is -4.21. The van der Waals surface area contributed by atoms with Crippen LogP contribution in [0.25, 0.3) is 0 Å². The maximum Gasteiger partial charge on any atom is 0.337 e. The van der Waals surface area contributed by atoms with Crippen LogP contribution in [-0.2, 0) is 14.8 Å². The summed E-state index contributed by atoms with van der Waals surface area (Å²) in [6, 6.07) is 9.13. The molecule has 128 valence electrons. The van der Waals surface area contributed by atoms with E-state index >= 15 is 0 Å². The summed E-state index contributed by atoms with van der Waals surface area (Å²) in [7, 11) is -3.06. The van der Waals surface area contributed by atoms with E-state index in [1.165, 1.54) is 12.1 Å². The van der Waals surface area contributed by atoms with E-state index in [1.54, 1.807) is 12.1 Å². The van der Waals surface area contributed by atoms with Crippen molar-refractivity contribution in [2.24, 2.45) is 0 Å². The van der Waals surface area contributed by atoms with Gasteiger partial charge in [-0.1, -0.05) is 0 Å². The molecule has 2 aromatic carbocycles. The molecule has 2 aromatic rings. The topological polar surface area (TPSA) is 81.7 Å². The Labute approximate surface area is 139 Å². The van der Waals surface area contributed by atoms with Crippen molar-refractivity contribution < 1.29 is 27.1 Å². The average molecular weight is 353 g/mol. The van der Waals surface area contributed by atoms with Crippen molar-refractivity contribution in [3.8, 4) is 5.75 Å². The van der Waals surface area contributed by atoms with E-state index in [1.807, 2.05) is 6.92 Å². The van der Waals surface area contributed by atoms with Gasteiger partial charge in [-0.05, 0) is 49.4 Å². The first-order chi connectivity index (χ1) is 11.4. The molecule has 0 aliphatic carbocycles. The van der Waals surface area contributed by atoms with Gasteiger partial charge in [0.1, 0.15) is 16.5 Å². The Morgan fingerprint density at radius 1 is 1.17 bits per heavy atom. The van der Waals surface area contributed by atoms with Gasteiger partial charge >= 0.3 is 5.97 Å². The predicted octanol–water partition coefficient (Wildman–Crippen LogP) is 2.81. The van der Waals surface area contributed by atoms with E-state index in [4.69, 9.17) is 4.74 Å². The number of anilines is 1. The monoisotopic (exact) mass is 353 g/mol. The number of nitrogens with one attached hydrogen (secondary N) is 1. The molecule has 0 saturated carbocycles. The number of rotatable bonds is 6. The zero-order valence-electron chi connectivity index (χ0n) is 13.1. The molecule has 0 radical (unpaired) electrons. The third kappa shape index (κ3) is 4.02. The molecule has 1 N–H and O–H groups in total. The van der Waals surface area contributed by atoms with Crippen LogP contribution in [0.2, 0.25) is 0 Å². The van der Waals surface area contributed by atoms with Gasteiger partial charge in [0.15, 0.2) is 0 Å². The van der Waals surface area contributed by atoms with Gasteiger partial charge in [-0.3, -0.25) is 4.72 Å². The third-order valence-electron chi connectivity index (χ3n) is 3.06. The highest BCUT2D eigenvalue weighted by molar-refractivity contribution is 7.92. The van der Waals surface area contributed by atoms with Crippen LogP contribution >= 0.6 is 0 Å². The van der Waals surface area contributed by atoms with Crippen molar-refractivity contribution in [2.45, 2.75) is 11.8 Å². The molecular formula is C16H16FNO5S. The second-order valence-corrected chi connectivity index (χ2v) is 6.35. The Kier molecular flexibility index (Phi) is 5.40. The molecule has 0 aliphatic rings. The summed E-state index contributed by atoms with van der Waals surface area (Å²) in [6.07, 6.45) is 0. The Morgan fingerprint density at radius 2 is 1.83 bits per heavy atom. The van der Waals surface area contributed by atoms with Crippen molar-refractivity contribution in [1.29, 1.82) is 0 Å². The smallest absolute Gasteiger partial charge is 0.337 e. The van der Waals surface area contributed by atoms with Crippen LogP contribution in [0.3, 0.4) is 0 Å². The summed E-state index contributed by atoms with van der Waals surface area (Å²) >= 11 is 0. The van der Waals surface area contributed by atoms with Gasteiger partial charge in [0.25, 0.3) is 10.0 Å². The molecule has 0 heterocycles. The van der Waals surface area contributed by atoms with Crippen LogP contribution in [-0.4, -0.2) is 28.1 Å². The summed E-state index contributed by atoms with van der Waals surface area (Å²) < 4.78 is 50.7. The second-order valence-electron chi connectivity index (χ2n) is 4.70. The standard InChI is InChI=1S/C16H16FNO5S/c1-3-23-13-7-5-12(6-8-13)18-24(20,21)15-10-11(16(19)22-2)4-9-14(15)17/h4-10,18H,3H2,1-2H3. The number of carbonyl (C=O) groups excluding carboxylic acids is 1. The van der Waals surface area contributed by atoms with Gasteiger partial charge < -0.3 is 9.47 Å². The summed E-state index contributed by atoms with van der Waals surface area (Å²) in [5.74, 6) is -1.15. The third-order valence-corrected chi connectivity index (χ3v) is 4.46. The zero-order chi connectivity index (χ0) is 17.7. The molecule has 0 amide bonds. The second kappa shape index (κ2) is 7.31. The number of sulfonamides is 1. The van der Waals surface area contributed by atoms with Crippen molar-refractivity contribution in [2.75, 3.05) is 18.4 Å². The SMILES string of the molecule is CCOc1ccc(NS(=O)(=O)c2cc(C(=O)OC)ccc2F)cc1. The molecule has 0 fully saturated rings. The van der Waals surface area contributed by atoms with Gasteiger partial charge in [0.2, 0.25) is 0 Å². The number of halogens is 1. The number of hydrogen-bond donors (Lipinski definition) is 1. The molecule has 0 saturated heterocycles. The maximum absolute atomic E-state index is 13.9. The van der Waals surface area contributed by atoms with Gasteiger partial charge in [0, 0.05) is 5.69 Å². The molecule has 0 aliphatic heterocycles. The molecule has 8 heteroatoms. The van der Waals surface area contributed by atoms with E-state index in [-0.39, 0.29) is 11.3 Å². The fourth-order valence-corrected chi connectivity index (χ4v) is 3.11. The Bertz CT molecular complexity index is 834. The normalized spacial score (nSPS) is 11.0. The first-order valence-electron chi connectivity index (χ1n) is 7.01. The highest BCUT2D eigenvalue weighted by atomic mass is 32.2. The largest absolute Gasteiger partial charge is 0.494 e. The molecule has 0 atom stereocenters. The van der Waals surface area contributed by atoms with Gasteiger partial charge in [0.05, 0.1) is 19.3 Å². The van der Waals surface area contributed by atoms with Crippen LogP contribution in [0.1, 0.15) is 17.3 Å².